The Morgan fingerprint density at radius 3 is 2.15 bits per heavy atom. The standard InChI is InChI=1S/C17H30N2O/c1-13(2)10-19(11-14(3)4)12-15-6-7-16(9-18)17(8-15)20-5/h6-8,13-14H,9-12,18H2,1-5H3. The molecule has 3 nitrogen and oxygen atoms in total. The summed E-state index contributed by atoms with van der Waals surface area (Å²) in [6, 6.07) is 6.37. The van der Waals surface area contributed by atoms with E-state index in [1.807, 2.05) is 0 Å². The molecule has 0 aliphatic rings. The monoisotopic (exact) mass is 278 g/mol. The maximum Gasteiger partial charge on any atom is 0.123 e. The highest BCUT2D eigenvalue weighted by atomic mass is 16.5. The molecule has 0 radical (unpaired) electrons. The van der Waals surface area contributed by atoms with E-state index >= 15 is 0 Å². The van der Waals surface area contributed by atoms with Gasteiger partial charge >= 0.3 is 0 Å². The Kier molecular flexibility index (Phi) is 7.03. The minimum atomic E-state index is 0.519. The van der Waals surface area contributed by atoms with Crippen molar-refractivity contribution in [3.63, 3.8) is 0 Å². The van der Waals surface area contributed by atoms with Gasteiger partial charge in [0.05, 0.1) is 7.11 Å². The van der Waals surface area contributed by atoms with E-state index < -0.39 is 0 Å². The van der Waals surface area contributed by atoms with Gasteiger partial charge in [-0.15, -0.1) is 0 Å². The van der Waals surface area contributed by atoms with E-state index in [0.29, 0.717) is 18.4 Å². The summed E-state index contributed by atoms with van der Waals surface area (Å²) in [5, 5.41) is 0. The molecule has 0 aromatic heterocycles. The molecule has 0 bridgehead atoms. The molecule has 20 heavy (non-hydrogen) atoms. The van der Waals surface area contributed by atoms with Gasteiger partial charge in [-0.05, 0) is 23.5 Å². The zero-order chi connectivity index (χ0) is 15.1. The van der Waals surface area contributed by atoms with Gasteiger partial charge in [0.15, 0.2) is 0 Å². The Balaban J connectivity index is 2.81. The predicted molar refractivity (Wildman–Crippen MR) is 85.8 cm³/mol. The van der Waals surface area contributed by atoms with Crippen LogP contribution in [-0.2, 0) is 13.1 Å². The first-order valence-corrected chi connectivity index (χ1v) is 7.54. The normalized spacial score (nSPS) is 11.7. The summed E-state index contributed by atoms with van der Waals surface area (Å²) in [4.78, 5) is 2.52. The average molecular weight is 278 g/mol. The van der Waals surface area contributed by atoms with E-state index in [0.717, 1.165) is 30.9 Å². The van der Waals surface area contributed by atoms with Crippen LogP contribution in [-0.4, -0.2) is 25.1 Å². The van der Waals surface area contributed by atoms with Crippen LogP contribution in [0.1, 0.15) is 38.8 Å². The van der Waals surface area contributed by atoms with E-state index in [9.17, 15) is 0 Å². The minimum Gasteiger partial charge on any atom is -0.496 e. The average Bonchev–Trinajstić information content (AvgIpc) is 2.36. The lowest BCUT2D eigenvalue weighted by atomic mass is 10.1. The molecule has 0 aliphatic heterocycles. The molecule has 0 atom stereocenters. The molecule has 0 saturated heterocycles. The zero-order valence-corrected chi connectivity index (χ0v) is 13.6. The maximum absolute atomic E-state index is 5.72. The molecule has 0 heterocycles. The van der Waals surface area contributed by atoms with Crippen LogP contribution in [0.3, 0.4) is 0 Å². The highest BCUT2D eigenvalue weighted by molar-refractivity contribution is 5.37. The van der Waals surface area contributed by atoms with Gasteiger partial charge in [-0.1, -0.05) is 39.8 Å². The van der Waals surface area contributed by atoms with Crippen molar-refractivity contribution in [2.75, 3.05) is 20.2 Å². The molecule has 0 fully saturated rings. The Bertz CT molecular complexity index is 392. The molecule has 0 aliphatic carbocycles. The summed E-state index contributed by atoms with van der Waals surface area (Å²) in [5.41, 5.74) is 8.08. The van der Waals surface area contributed by atoms with Crippen molar-refractivity contribution in [1.29, 1.82) is 0 Å². The molecule has 1 aromatic carbocycles. The molecule has 1 rings (SSSR count). The second kappa shape index (κ2) is 8.28. The first kappa shape index (κ1) is 17.0. The lowest BCUT2D eigenvalue weighted by molar-refractivity contribution is 0.211. The SMILES string of the molecule is COc1cc(CN(CC(C)C)CC(C)C)ccc1CN. The molecule has 0 amide bonds. The molecule has 3 heteroatoms. The highest BCUT2D eigenvalue weighted by Crippen LogP contribution is 2.21. The summed E-state index contributed by atoms with van der Waals surface area (Å²) in [6.45, 7) is 12.8. The Hall–Kier alpha value is -1.06. The predicted octanol–water partition coefficient (Wildman–Crippen LogP) is 3.27. The van der Waals surface area contributed by atoms with E-state index in [4.69, 9.17) is 10.5 Å². The Morgan fingerprint density at radius 2 is 1.70 bits per heavy atom. The largest absolute Gasteiger partial charge is 0.496 e. The van der Waals surface area contributed by atoms with Crippen LogP contribution in [0.15, 0.2) is 18.2 Å². The van der Waals surface area contributed by atoms with E-state index in [1.54, 1.807) is 7.11 Å². The number of methoxy groups -OCH3 is 1. The number of rotatable bonds is 8. The molecule has 2 N–H and O–H groups in total. The van der Waals surface area contributed by atoms with Crippen LogP contribution in [0, 0.1) is 11.8 Å². The fourth-order valence-electron chi connectivity index (χ4n) is 2.55. The Morgan fingerprint density at radius 1 is 1.10 bits per heavy atom. The molecule has 0 spiro atoms. The first-order chi connectivity index (χ1) is 9.46. The van der Waals surface area contributed by atoms with Crippen LogP contribution in [0.25, 0.3) is 0 Å². The van der Waals surface area contributed by atoms with Crippen LogP contribution < -0.4 is 10.5 Å². The van der Waals surface area contributed by atoms with Crippen molar-refractivity contribution in [3.8, 4) is 5.75 Å². The third kappa shape index (κ3) is 5.51. The quantitative estimate of drug-likeness (QED) is 0.793. The summed E-state index contributed by atoms with van der Waals surface area (Å²) in [7, 11) is 1.71. The fraction of sp³-hybridized carbons (Fsp3) is 0.647. The lowest BCUT2D eigenvalue weighted by Gasteiger charge is -2.26. The number of nitrogens with zero attached hydrogens (tertiary/aromatic N) is 1. The second-order valence-corrected chi connectivity index (χ2v) is 6.33. The molecular weight excluding hydrogens is 248 g/mol. The number of nitrogens with two attached hydrogens (primary N) is 1. The number of hydrogen-bond donors (Lipinski definition) is 1. The Labute approximate surface area is 124 Å². The van der Waals surface area contributed by atoms with Gasteiger partial charge in [0.25, 0.3) is 0 Å². The molecule has 0 saturated carbocycles. The zero-order valence-electron chi connectivity index (χ0n) is 13.6. The van der Waals surface area contributed by atoms with Crippen LogP contribution in [0.4, 0.5) is 0 Å². The summed E-state index contributed by atoms with van der Waals surface area (Å²) in [6.07, 6.45) is 0. The summed E-state index contributed by atoms with van der Waals surface area (Å²) in [5.74, 6) is 2.26. The van der Waals surface area contributed by atoms with Crippen molar-refractivity contribution in [3.05, 3.63) is 29.3 Å². The second-order valence-electron chi connectivity index (χ2n) is 6.33. The third-order valence-corrected chi connectivity index (χ3v) is 3.22. The fourth-order valence-corrected chi connectivity index (χ4v) is 2.55. The van der Waals surface area contributed by atoms with Crippen molar-refractivity contribution in [2.24, 2.45) is 17.6 Å². The van der Waals surface area contributed by atoms with E-state index in [1.165, 1.54) is 5.56 Å². The first-order valence-electron chi connectivity index (χ1n) is 7.54. The van der Waals surface area contributed by atoms with Crippen molar-refractivity contribution in [1.82, 2.24) is 4.90 Å². The van der Waals surface area contributed by atoms with Crippen molar-refractivity contribution < 1.29 is 4.74 Å². The van der Waals surface area contributed by atoms with Gasteiger partial charge in [-0.25, -0.2) is 0 Å². The molecular formula is C17H30N2O. The van der Waals surface area contributed by atoms with Crippen molar-refractivity contribution in [2.45, 2.75) is 40.8 Å². The van der Waals surface area contributed by atoms with Crippen LogP contribution in [0.5, 0.6) is 5.75 Å². The van der Waals surface area contributed by atoms with Gasteiger partial charge in [0, 0.05) is 31.7 Å². The third-order valence-electron chi connectivity index (χ3n) is 3.22. The lowest BCUT2D eigenvalue weighted by Crippen LogP contribution is -2.30. The topological polar surface area (TPSA) is 38.5 Å². The molecule has 0 unspecified atom stereocenters. The smallest absolute Gasteiger partial charge is 0.123 e. The van der Waals surface area contributed by atoms with Crippen LogP contribution >= 0.6 is 0 Å². The van der Waals surface area contributed by atoms with Crippen molar-refractivity contribution >= 4 is 0 Å². The maximum atomic E-state index is 5.72. The number of benzene rings is 1. The van der Waals surface area contributed by atoms with E-state index in [2.05, 4.69) is 50.8 Å². The van der Waals surface area contributed by atoms with Gasteiger partial charge in [0.2, 0.25) is 0 Å². The van der Waals surface area contributed by atoms with Crippen LogP contribution in [0.2, 0.25) is 0 Å². The van der Waals surface area contributed by atoms with Gasteiger partial charge in [0.1, 0.15) is 5.75 Å². The van der Waals surface area contributed by atoms with Gasteiger partial charge in [-0.3, -0.25) is 4.90 Å². The number of ether oxygens (including phenoxy) is 1. The van der Waals surface area contributed by atoms with Gasteiger partial charge < -0.3 is 10.5 Å². The summed E-state index contributed by atoms with van der Waals surface area (Å²) < 4.78 is 5.42. The number of hydrogen-bond acceptors (Lipinski definition) is 3. The minimum absolute atomic E-state index is 0.519. The molecule has 114 valence electrons. The van der Waals surface area contributed by atoms with Gasteiger partial charge in [-0.2, -0.15) is 0 Å². The molecule has 1 aromatic rings. The highest BCUT2D eigenvalue weighted by Gasteiger charge is 2.11. The van der Waals surface area contributed by atoms with E-state index in [-0.39, 0.29) is 0 Å². The summed E-state index contributed by atoms with van der Waals surface area (Å²) >= 11 is 0.